The van der Waals surface area contributed by atoms with Gasteiger partial charge in [0.25, 0.3) is 5.91 Å². The molecule has 0 heterocycles. The highest BCUT2D eigenvalue weighted by Gasteiger charge is 2.13. The summed E-state index contributed by atoms with van der Waals surface area (Å²) in [7, 11) is 1.53. The summed E-state index contributed by atoms with van der Waals surface area (Å²) in [4.78, 5) is 12.3. The minimum atomic E-state index is -0.240. The molecule has 0 aliphatic heterocycles. The number of carbonyl (C=O) groups is 1. The second kappa shape index (κ2) is 5.65. The number of amides is 1. The fourth-order valence-corrected chi connectivity index (χ4v) is 1.96. The van der Waals surface area contributed by atoms with Crippen LogP contribution in [0.4, 0.5) is 5.69 Å². The molecule has 4 heteroatoms. The number of rotatable bonds is 3. The summed E-state index contributed by atoms with van der Waals surface area (Å²) in [5.74, 6) is 0.506. The number of methoxy groups -OCH3 is 1. The third-order valence-corrected chi connectivity index (χ3v) is 3.14. The van der Waals surface area contributed by atoms with Gasteiger partial charge in [-0.3, -0.25) is 4.79 Å². The first-order valence-corrected chi connectivity index (χ1v) is 6.27. The van der Waals surface area contributed by atoms with Crippen LogP contribution in [0.5, 0.6) is 11.5 Å². The molecule has 1 amide bonds. The zero-order valence-corrected chi connectivity index (χ0v) is 11.7. The standard InChI is InChI=1S/C16H17NO3/c1-10-9-14(18)11(2)8-13(10)17-16(19)12-6-4-5-7-15(12)20-3/h4-9,18H,1-3H3,(H,17,19). The van der Waals surface area contributed by atoms with Crippen molar-refractivity contribution in [1.82, 2.24) is 0 Å². The molecule has 0 aliphatic rings. The van der Waals surface area contributed by atoms with E-state index in [1.807, 2.05) is 13.0 Å². The van der Waals surface area contributed by atoms with Gasteiger partial charge in [0, 0.05) is 5.69 Å². The number of aryl methyl sites for hydroxylation is 2. The van der Waals surface area contributed by atoms with Gasteiger partial charge in [0.15, 0.2) is 0 Å². The van der Waals surface area contributed by atoms with E-state index in [2.05, 4.69) is 5.32 Å². The predicted octanol–water partition coefficient (Wildman–Crippen LogP) is 3.27. The van der Waals surface area contributed by atoms with Crippen molar-refractivity contribution in [1.29, 1.82) is 0 Å². The van der Waals surface area contributed by atoms with Crippen LogP contribution in [0.25, 0.3) is 0 Å². The van der Waals surface area contributed by atoms with Crippen molar-refractivity contribution in [3.8, 4) is 11.5 Å². The summed E-state index contributed by atoms with van der Waals surface area (Å²) in [6.45, 7) is 3.62. The summed E-state index contributed by atoms with van der Waals surface area (Å²) >= 11 is 0. The maximum absolute atomic E-state index is 12.3. The second-order valence-corrected chi connectivity index (χ2v) is 4.61. The molecule has 4 nitrogen and oxygen atoms in total. The predicted molar refractivity (Wildman–Crippen MR) is 78.5 cm³/mol. The van der Waals surface area contributed by atoms with Gasteiger partial charge in [-0.2, -0.15) is 0 Å². The van der Waals surface area contributed by atoms with Crippen LogP contribution in [0.1, 0.15) is 21.5 Å². The maximum atomic E-state index is 12.3. The van der Waals surface area contributed by atoms with Crippen molar-refractivity contribution in [2.75, 3.05) is 12.4 Å². The Balaban J connectivity index is 2.30. The van der Waals surface area contributed by atoms with Crippen molar-refractivity contribution in [3.05, 3.63) is 53.1 Å². The molecule has 20 heavy (non-hydrogen) atoms. The molecule has 0 fully saturated rings. The van der Waals surface area contributed by atoms with Crippen molar-refractivity contribution >= 4 is 11.6 Å². The van der Waals surface area contributed by atoms with Crippen molar-refractivity contribution in [2.45, 2.75) is 13.8 Å². The molecule has 0 unspecified atom stereocenters. The van der Waals surface area contributed by atoms with E-state index < -0.39 is 0 Å². The summed E-state index contributed by atoms with van der Waals surface area (Å²) in [5.41, 5.74) is 2.67. The average molecular weight is 271 g/mol. The Hall–Kier alpha value is -2.49. The Morgan fingerprint density at radius 2 is 1.85 bits per heavy atom. The lowest BCUT2D eigenvalue weighted by atomic mass is 10.1. The van der Waals surface area contributed by atoms with Crippen LogP contribution in [0.3, 0.4) is 0 Å². The van der Waals surface area contributed by atoms with Crippen molar-refractivity contribution in [2.24, 2.45) is 0 Å². The Kier molecular flexibility index (Phi) is 3.94. The highest BCUT2D eigenvalue weighted by molar-refractivity contribution is 6.06. The van der Waals surface area contributed by atoms with E-state index in [0.29, 0.717) is 22.6 Å². The number of phenolic OH excluding ortho intramolecular Hbond substituents is 1. The summed E-state index contributed by atoms with van der Waals surface area (Å²) in [5, 5.41) is 12.5. The monoisotopic (exact) mass is 271 g/mol. The van der Waals surface area contributed by atoms with Crippen LogP contribution in [-0.2, 0) is 0 Å². The summed E-state index contributed by atoms with van der Waals surface area (Å²) < 4.78 is 5.18. The molecular formula is C16H17NO3. The fourth-order valence-electron chi connectivity index (χ4n) is 1.96. The molecule has 0 radical (unpaired) electrons. The maximum Gasteiger partial charge on any atom is 0.259 e. The fraction of sp³-hybridized carbons (Fsp3) is 0.188. The minimum Gasteiger partial charge on any atom is -0.508 e. The SMILES string of the molecule is COc1ccccc1C(=O)Nc1cc(C)c(O)cc1C. The zero-order chi connectivity index (χ0) is 14.7. The molecule has 0 spiro atoms. The molecular weight excluding hydrogens is 254 g/mol. The molecule has 2 rings (SSSR count). The molecule has 104 valence electrons. The lowest BCUT2D eigenvalue weighted by molar-refractivity contribution is 0.102. The van der Waals surface area contributed by atoms with E-state index in [4.69, 9.17) is 4.74 Å². The molecule has 0 atom stereocenters. The molecule has 0 saturated heterocycles. The topological polar surface area (TPSA) is 58.6 Å². The highest BCUT2D eigenvalue weighted by Crippen LogP contribution is 2.26. The van der Waals surface area contributed by atoms with Gasteiger partial charge in [0.2, 0.25) is 0 Å². The van der Waals surface area contributed by atoms with Gasteiger partial charge in [-0.1, -0.05) is 12.1 Å². The van der Waals surface area contributed by atoms with E-state index in [0.717, 1.165) is 5.56 Å². The number of ether oxygens (including phenoxy) is 1. The van der Waals surface area contributed by atoms with Crippen LogP contribution in [-0.4, -0.2) is 18.1 Å². The number of aromatic hydroxyl groups is 1. The molecule has 2 N–H and O–H groups in total. The number of para-hydroxylation sites is 1. The number of phenols is 1. The Bertz CT molecular complexity index is 650. The van der Waals surface area contributed by atoms with Gasteiger partial charge in [0.05, 0.1) is 12.7 Å². The Morgan fingerprint density at radius 1 is 1.15 bits per heavy atom. The average Bonchev–Trinajstić information content (AvgIpc) is 2.44. The van der Waals surface area contributed by atoms with Gasteiger partial charge < -0.3 is 15.2 Å². The van der Waals surface area contributed by atoms with E-state index >= 15 is 0 Å². The van der Waals surface area contributed by atoms with Gasteiger partial charge >= 0.3 is 0 Å². The molecule has 0 aliphatic carbocycles. The number of hydrogen-bond donors (Lipinski definition) is 2. The van der Waals surface area contributed by atoms with Gasteiger partial charge in [-0.15, -0.1) is 0 Å². The third kappa shape index (κ3) is 2.74. The lowest BCUT2D eigenvalue weighted by Crippen LogP contribution is -2.14. The van der Waals surface area contributed by atoms with Crippen LogP contribution >= 0.6 is 0 Å². The van der Waals surface area contributed by atoms with Crippen LogP contribution in [0.15, 0.2) is 36.4 Å². The number of benzene rings is 2. The number of hydrogen-bond acceptors (Lipinski definition) is 3. The number of anilines is 1. The lowest BCUT2D eigenvalue weighted by Gasteiger charge is -2.12. The van der Waals surface area contributed by atoms with E-state index in [1.54, 1.807) is 37.3 Å². The van der Waals surface area contributed by atoms with Gasteiger partial charge in [-0.25, -0.2) is 0 Å². The highest BCUT2D eigenvalue weighted by atomic mass is 16.5. The molecule has 2 aromatic rings. The largest absolute Gasteiger partial charge is 0.508 e. The summed E-state index contributed by atoms with van der Waals surface area (Å²) in [6.07, 6.45) is 0. The quantitative estimate of drug-likeness (QED) is 0.842. The second-order valence-electron chi connectivity index (χ2n) is 4.61. The van der Waals surface area contributed by atoms with Crippen molar-refractivity contribution in [3.63, 3.8) is 0 Å². The van der Waals surface area contributed by atoms with Gasteiger partial charge in [0.1, 0.15) is 11.5 Å². The third-order valence-electron chi connectivity index (χ3n) is 3.14. The molecule has 0 bridgehead atoms. The van der Waals surface area contributed by atoms with Crippen LogP contribution in [0, 0.1) is 13.8 Å². The summed E-state index contributed by atoms with van der Waals surface area (Å²) in [6, 6.07) is 10.4. The van der Waals surface area contributed by atoms with Gasteiger partial charge in [-0.05, 0) is 49.2 Å². The molecule has 0 aromatic heterocycles. The van der Waals surface area contributed by atoms with Crippen LogP contribution in [0.2, 0.25) is 0 Å². The zero-order valence-electron chi connectivity index (χ0n) is 11.7. The van der Waals surface area contributed by atoms with E-state index in [-0.39, 0.29) is 11.7 Å². The van der Waals surface area contributed by atoms with E-state index in [9.17, 15) is 9.90 Å². The van der Waals surface area contributed by atoms with E-state index in [1.165, 1.54) is 7.11 Å². The normalized spacial score (nSPS) is 10.2. The minimum absolute atomic E-state index is 0.220. The number of carbonyl (C=O) groups excluding carboxylic acids is 1. The molecule has 0 saturated carbocycles. The first kappa shape index (κ1) is 13.9. The smallest absolute Gasteiger partial charge is 0.259 e. The first-order chi connectivity index (χ1) is 9.52. The number of nitrogens with one attached hydrogen (secondary N) is 1. The first-order valence-electron chi connectivity index (χ1n) is 6.27. The molecule has 2 aromatic carbocycles. The Labute approximate surface area is 118 Å². The Morgan fingerprint density at radius 3 is 2.55 bits per heavy atom. The van der Waals surface area contributed by atoms with Crippen molar-refractivity contribution < 1.29 is 14.6 Å². The van der Waals surface area contributed by atoms with Crippen LogP contribution < -0.4 is 10.1 Å².